The molecule has 0 amide bonds. The standard InChI is InChI=1S/C55H43N/c1-55(2)53-23-12-11-21-50(53)51-35-33-46(37-54(51)55)56(44-30-28-39(29-31-44)38-14-5-3-6-15-38)45-32-34-49(52(36-45)41-16-7-4-8-17-41)43-26-24-42(25-27-43)48-22-13-19-40-18-9-10-20-47(40)48/h3-16,18-37,41H,17H2,1-2H3. The first-order chi connectivity index (χ1) is 27.5. The first-order valence-corrected chi connectivity index (χ1v) is 19.8. The fourth-order valence-electron chi connectivity index (χ4n) is 9.09. The van der Waals surface area contributed by atoms with Gasteiger partial charge in [-0.3, -0.25) is 0 Å². The Kier molecular flexibility index (Phi) is 8.37. The lowest BCUT2D eigenvalue weighted by molar-refractivity contribution is 0.660. The lowest BCUT2D eigenvalue weighted by Gasteiger charge is -2.30. The van der Waals surface area contributed by atoms with Crippen LogP contribution in [0.15, 0.2) is 206 Å². The number of anilines is 3. The molecule has 10 rings (SSSR count). The van der Waals surface area contributed by atoms with E-state index < -0.39 is 0 Å². The zero-order valence-corrected chi connectivity index (χ0v) is 31.9. The molecule has 0 N–H and O–H groups in total. The molecule has 268 valence electrons. The Labute approximate surface area is 330 Å². The Hall–Kier alpha value is -6.70. The van der Waals surface area contributed by atoms with Crippen LogP contribution in [0.3, 0.4) is 0 Å². The molecule has 1 unspecified atom stereocenters. The molecule has 0 radical (unpaired) electrons. The van der Waals surface area contributed by atoms with Crippen LogP contribution in [-0.2, 0) is 5.41 Å². The predicted octanol–water partition coefficient (Wildman–Crippen LogP) is 15.2. The van der Waals surface area contributed by atoms with E-state index >= 15 is 0 Å². The topological polar surface area (TPSA) is 3.24 Å². The number of hydrogen-bond donors (Lipinski definition) is 0. The van der Waals surface area contributed by atoms with Crippen molar-refractivity contribution in [3.63, 3.8) is 0 Å². The van der Waals surface area contributed by atoms with Gasteiger partial charge in [0.25, 0.3) is 0 Å². The van der Waals surface area contributed by atoms with Gasteiger partial charge in [0.1, 0.15) is 0 Å². The third-order valence-corrected chi connectivity index (χ3v) is 12.0. The van der Waals surface area contributed by atoms with Crippen molar-refractivity contribution in [2.45, 2.75) is 31.6 Å². The van der Waals surface area contributed by atoms with Crippen LogP contribution >= 0.6 is 0 Å². The summed E-state index contributed by atoms with van der Waals surface area (Å²) < 4.78 is 0. The molecule has 2 aliphatic rings. The molecule has 0 spiro atoms. The highest BCUT2D eigenvalue weighted by Gasteiger charge is 2.35. The van der Waals surface area contributed by atoms with Crippen LogP contribution in [-0.4, -0.2) is 0 Å². The van der Waals surface area contributed by atoms with E-state index in [1.165, 1.54) is 72.0 Å². The summed E-state index contributed by atoms with van der Waals surface area (Å²) in [5.41, 5.74) is 17.5. The minimum atomic E-state index is -0.1000. The summed E-state index contributed by atoms with van der Waals surface area (Å²) in [7, 11) is 0. The summed E-state index contributed by atoms with van der Waals surface area (Å²) in [6, 6.07) is 67.2. The van der Waals surface area contributed by atoms with Gasteiger partial charge in [-0.15, -0.1) is 0 Å². The summed E-state index contributed by atoms with van der Waals surface area (Å²) in [4.78, 5) is 2.45. The first kappa shape index (κ1) is 33.8. The first-order valence-electron chi connectivity index (χ1n) is 19.8. The van der Waals surface area contributed by atoms with Crippen LogP contribution in [0.25, 0.3) is 55.3 Å². The monoisotopic (exact) mass is 717 g/mol. The SMILES string of the molecule is CC1(C)c2ccccc2-c2ccc(N(c3ccc(-c4ccccc4)cc3)c3ccc(-c4ccc(-c5cccc6ccccc56)cc4)c(C4C=CC=CC4)c3)cc21. The number of allylic oxidation sites excluding steroid dienone is 4. The lowest BCUT2D eigenvalue weighted by Crippen LogP contribution is -2.16. The van der Waals surface area contributed by atoms with Gasteiger partial charge < -0.3 is 4.90 Å². The molecule has 0 aromatic heterocycles. The van der Waals surface area contributed by atoms with Gasteiger partial charge in [-0.25, -0.2) is 0 Å². The summed E-state index contributed by atoms with van der Waals surface area (Å²) in [6.45, 7) is 4.73. The molecule has 0 saturated carbocycles. The summed E-state index contributed by atoms with van der Waals surface area (Å²) >= 11 is 0. The molecule has 0 fully saturated rings. The van der Waals surface area contributed by atoms with Crippen LogP contribution in [0.4, 0.5) is 17.1 Å². The second-order valence-electron chi connectivity index (χ2n) is 15.7. The van der Waals surface area contributed by atoms with Crippen LogP contribution < -0.4 is 4.90 Å². The van der Waals surface area contributed by atoms with E-state index in [9.17, 15) is 0 Å². The van der Waals surface area contributed by atoms with E-state index in [1.54, 1.807) is 0 Å². The summed E-state index contributed by atoms with van der Waals surface area (Å²) in [5, 5.41) is 2.54. The molecule has 56 heavy (non-hydrogen) atoms. The predicted molar refractivity (Wildman–Crippen MR) is 238 cm³/mol. The number of fused-ring (bicyclic) bond motifs is 4. The molecule has 1 atom stereocenters. The van der Waals surface area contributed by atoms with Gasteiger partial charge in [0.15, 0.2) is 0 Å². The maximum atomic E-state index is 2.45. The lowest BCUT2D eigenvalue weighted by atomic mass is 9.82. The maximum absolute atomic E-state index is 2.45. The molecule has 8 aromatic carbocycles. The second kappa shape index (κ2) is 13.9. The van der Waals surface area contributed by atoms with Crippen molar-refractivity contribution in [3.05, 3.63) is 223 Å². The summed E-state index contributed by atoms with van der Waals surface area (Å²) in [5.74, 6) is 0.267. The van der Waals surface area contributed by atoms with Crippen molar-refractivity contribution < 1.29 is 0 Å². The largest absolute Gasteiger partial charge is 0.310 e. The van der Waals surface area contributed by atoms with Gasteiger partial charge >= 0.3 is 0 Å². The van der Waals surface area contributed by atoms with E-state index in [0.717, 1.165) is 23.5 Å². The quantitative estimate of drug-likeness (QED) is 0.159. The van der Waals surface area contributed by atoms with Gasteiger partial charge in [-0.05, 0) is 115 Å². The van der Waals surface area contributed by atoms with Crippen molar-refractivity contribution in [1.29, 1.82) is 0 Å². The number of rotatable bonds is 7. The fourth-order valence-corrected chi connectivity index (χ4v) is 9.09. The molecule has 0 saturated heterocycles. The van der Waals surface area contributed by atoms with Crippen molar-refractivity contribution in [2.24, 2.45) is 0 Å². The third kappa shape index (κ3) is 5.88. The van der Waals surface area contributed by atoms with E-state index in [1.807, 2.05) is 0 Å². The van der Waals surface area contributed by atoms with E-state index in [2.05, 4.69) is 225 Å². The van der Waals surface area contributed by atoms with Crippen LogP contribution in [0, 0.1) is 0 Å². The average molecular weight is 718 g/mol. The van der Waals surface area contributed by atoms with Crippen LogP contribution in [0.5, 0.6) is 0 Å². The minimum absolute atomic E-state index is 0.1000. The van der Waals surface area contributed by atoms with Crippen molar-refractivity contribution >= 4 is 27.8 Å². The molecule has 1 nitrogen and oxygen atoms in total. The highest BCUT2D eigenvalue weighted by molar-refractivity contribution is 5.97. The Morgan fingerprint density at radius 3 is 1.82 bits per heavy atom. The molecule has 2 aliphatic carbocycles. The fraction of sp³-hybridized carbons (Fsp3) is 0.0909. The zero-order chi connectivity index (χ0) is 37.6. The highest BCUT2D eigenvalue weighted by atomic mass is 15.1. The second-order valence-corrected chi connectivity index (χ2v) is 15.7. The van der Waals surface area contributed by atoms with Crippen molar-refractivity contribution in [2.75, 3.05) is 4.90 Å². The molecule has 0 bridgehead atoms. The highest BCUT2D eigenvalue weighted by Crippen LogP contribution is 2.51. The Balaban J connectivity index is 1.10. The van der Waals surface area contributed by atoms with E-state index in [4.69, 9.17) is 0 Å². The third-order valence-electron chi connectivity index (χ3n) is 12.0. The average Bonchev–Trinajstić information content (AvgIpc) is 3.50. The Morgan fingerprint density at radius 1 is 0.446 bits per heavy atom. The van der Waals surface area contributed by atoms with Gasteiger partial charge in [0, 0.05) is 28.4 Å². The molecule has 0 heterocycles. The number of nitrogens with zero attached hydrogens (tertiary/aromatic N) is 1. The number of hydrogen-bond acceptors (Lipinski definition) is 1. The zero-order valence-electron chi connectivity index (χ0n) is 31.9. The minimum Gasteiger partial charge on any atom is -0.310 e. The van der Waals surface area contributed by atoms with E-state index in [0.29, 0.717) is 0 Å². The molecule has 0 aliphatic heterocycles. The smallest absolute Gasteiger partial charge is 0.0465 e. The normalized spacial score (nSPS) is 15.1. The van der Waals surface area contributed by atoms with Crippen LogP contribution in [0.1, 0.15) is 42.9 Å². The van der Waals surface area contributed by atoms with Gasteiger partial charge in [0.05, 0.1) is 0 Å². The Bertz CT molecular complexity index is 2780. The molecule has 8 aromatic rings. The molecule has 1 heteroatoms. The summed E-state index contributed by atoms with van der Waals surface area (Å²) in [6.07, 6.45) is 10.0. The van der Waals surface area contributed by atoms with E-state index in [-0.39, 0.29) is 11.3 Å². The van der Waals surface area contributed by atoms with Crippen molar-refractivity contribution in [3.8, 4) is 44.5 Å². The van der Waals surface area contributed by atoms with Gasteiger partial charge in [0.2, 0.25) is 0 Å². The molecular formula is C55H43N. The molecular weight excluding hydrogens is 675 g/mol. The number of benzene rings is 8. The van der Waals surface area contributed by atoms with Gasteiger partial charge in [-0.1, -0.05) is 184 Å². The van der Waals surface area contributed by atoms with Crippen molar-refractivity contribution in [1.82, 2.24) is 0 Å². The van der Waals surface area contributed by atoms with Crippen LogP contribution in [0.2, 0.25) is 0 Å². The van der Waals surface area contributed by atoms with Gasteiger partial charge in [-0.2, -0.15) is 0 Å². The maximum Gasteiger partial charge on any atom is 0.0465 e. The Morgan fingerprint density at radius 2 is 1.04 bits per heavy atom.